The van der Waals surface area contributed by atoms with Crippen LogP contribution in [0.1, 0.15) is 37.8 Å². The van der Waals surface area contributed by atoms with Crippen LogP contribution in [0.4, 0.5) is 0 Å². The van der Waals surface area contributed by atoms with Crippen LogP contribution in [0.25, 0.3) is 33.1 Å². The van der Waals surface area contributed by atoms with E-state index in [-0.39, 0.29) is 6.10 Å². The van der Waals surface area contributed by atoms with Gasteiger partial charge in [0.25, 0.3) is 0 Å². The van der Waals surface area contributed by atoms with Crippen LogP contribution >= 0.6 is 0 Å². The Hall–Kier alpha value is -3.66. The van der Waals surface area contributed by atoms with Crippen molar-refractivity contribution in [2.45, 2.75) is 38.2 Å². The summed E-state index contributed by atoms with van der Waals surface area (Å²) < 4.78 is 11.8. The lowest BCUT2D eigenvalue weighted by atomic mass is 9.97. The van der Waals surface area contributed by atoms with Crippen LogP contribution in [0.5, 0.6) is 11.5 Å². The maximum absolute atomic E-state index is 9.68. The maximum Gasteiger partial charge on any atom is 0.183 e. The molecule has 1 saturated carbocycles. The predicted molar refractivity (Wildman–Crippen MR) is 113 cm³/mol. The van der Waals surface area contributed by atoms with E-state index in [9.17, 15) is 5.26 Å². The molecule has 1 aliphatic carbocycles. The number of nitriles is 1. The Kier molecular flexibility index (Phi) is 4.68. The van der Waals surface area contributed by atoms with Gasteiger partial charge in [-0.3, -0.25) is 4.98 Å². The summed E-state index contributed by atoms with van der Waals surface area (Å²) >= 11 is 0. The first-order chi connectivity index (χ1) is 14.8. The summed E-state index contributed by atoms with van der Waals surface area (Å²) in [5, 5.41) is 11.4. The lowest BCUT2D eigenvalue weighted by Crippen LogP contribution is -2.20. The maximum atomic E-state index is 9.68. The van der Waals surface area contributed by atoms with Crippen LogP contribution in [0.15, 0.2) is 36.9 Å². The molecule has 7 nitrogen and oxygen atoms in total. The van der Waals surface area contributed by atoms with Gasteiger partial charge in [-0.2, -0.15) is 5.26 Å². The highest BCUT2D eigenvalue weighted by Crippen LogP contribution is 2.38. The van der Waals surface area contributed by atoms with Crippen molar-refractivity contribution < 1.29 is 9.47 Å². The molecule has 150 valence electrons. The fourth-order valence-electron chi connectivity index (χ4n) is 4.21. The number of H-pyrrole nitrogens is 1. The molecule has 4 aromatic rings. The third kappa shape index (κ3) is 3.11. The Morgan fingerprint density at radius 3 is 2.80 bits per heavy atom. The fraction of sp³-hybridized carbons (Fsp3) is 0.304. The van der Waals surface area contributed by atoms with Crippen LogP contribution in [-0.2, 0) is 0 Å². The number of aromatic nitrogens is 4. The van der Waals surface area contributed by atoms with E-state index in [4.69, 9.17) is 9.47 Å². The van der Waals surface area contributed by atoms with E-state index in [1.54, 1.807) is 31.9 Å². The second kappa shape index (κ2) is 7.64. The number of nitrogens with zero attached hydrogens (tertiary/aromatic N) is 4. The minimum atomic E-state index is 0.111. The van der Waals surface area contributed by atoms with E-state index >= 15 is 0 Å². The molecular weight excluding hydrogens is 378 g/mol. The van der Waals surface area contributed by atoms with Crippen molar-refractivity contribution in [3.05, 3.63) is 42.6 Å². The van der Waals surface area contributed by atoms with Crippen LogP contribution in [-0.4, -0.2) is 33.1 Å². The molecule has 0 radical (unpaired) electrons. The van der Waals surface area contributed by atoms with Crippen molar-refractivity contribution in [3.8, 4) is 28.7 Å². The number of hydrogen-bond donors (Lipinski definition) is 1. The summed E-state index contributed by atoms with van der Waals surface area (Å²) in [6.07, 6.45) is 12.5. The van der Waals surface area contributed by atoms with Gasteiger partial charge in [0.1, 0.15) is 17.5 Å². The molecule has 1 aliphatic rings. The van der Waals surface area contributed by atoms with Crippen LogP contribution < -0.4 is 9.47 Å². The second-order valence-electron chi connectivity index (χ2n) is 7.54. The number of pyridine rings is 3. The average molecular weight is 399 g/mol. The Balaban J connectivity index is 1.71. The Morgan fingerprint density at radius 2 is 2.00 bits per heavy atom. The van der Waals surface area contributed by atoms with Gasteiger partial charge < -0.3 is 14.5 Å². The van der Waals surface area contributed by atoms with Gasteiger partial charge in [-0.1, -0.05) is 6.42 Å². The zero-order valence-corrected chi connectivity index (χ0v) is 16.7. The van der Waals surface area contributed by atoms with Gasteiger partial charge in [0, 0.05) is 28.9 Å². The number of rotatable bonds is 4. The van der Waals surface area contributed by atoms with Gasteiger partial charge in [-0.25, -0.2) is 9.97 Å². The molecule has 0 aromatic carbocycles. The smallest absolute Gasteiger partial charge is 0.183 e. The lowest BCUT2D eigenvalue weighted by Gasteiger charge is -2.23. The summed E-state index contributed by atoms with van der Waals surface area (Å²) in [5.74, 6) is 1.23. The minimum absolute atomic E-state index is 0.111. The van der Waals surface area contributed by atoms with Gasteiger partial charge in [-0.15, -0.1) is 0 Å². The third-order valence-corrected chi connectivity index (χ3v) is 5.70. The second-order valence-corrected chi connectivity index (χ2v) is 7.54. The average Bonchev–Trinajstić information content (AvgIpc) is 3.18. The molecule has 0 amide bonds. The van der Waals surface area contributed by atoms with Crippen LogP contribution in [0, 0.1) is 11.3 Å². The highest BCUT2D eigenvalue weighted by atomic mass is 16.5. The normalized spacial score (nSPS) is 14.7. The molecule has 30 heavy (non-hydrogen) atoms. The summed E-state index contributed by atoms with van der Waals surface area (Å²) in [6.45, 7) is 0. The number of fused-ring (bicyclic) bond motifs is 3. The van der Waals surface area contributed by atoms with Crippen molar-refractivity contribution in [1.29, 1.82) is 5.26 Å². The number of hydrogen-bond acceptors (Lipinski definition) is 6. The first-order valence-electron chi connectivity index (χ1n) is 10.1. The highest BCUT2D eigenvalue weighted by Gasteiger charge is 2.22. The van der Waals surface area contributed by atoms with E-state index < -0.39 is 0 Å². The highest BCUT2D eigenvalue weighted by molar-refractivity contribution is 6.10. The predicted octanol–water partition coefficient (Wildman–Crippen LogP) is 4.76. The SMILES string of the molecule is COc1cnccc1-c1cnc2[nH]c3cnc(C#N)c(OC4CCCCC4)c3c2c1. The van der Waals surface area contributed by atoms with E-state index in [2.05, 4.69) is 26.0 Å². The molecule has 4 heterocycles. The largest absolute Gasteiger partial charge is 0.494 e. The molecule has 5 rings (SSSR count). The third-order valence-electron chi connectivity index (χ3n) is 5.70. The molecular formula is C23H21N5O2. The van der Waals surface area contributed by atoms with Crippen LogP contribution in [0.3, 0.4) is 0 Å². The molecule has 0 atom stereocenters. The summed E-state index contributed by atoms with van der Waals surface area (Å²) in [7, 11) is 1.62. The van der Waals surface area contributed by atoms with Crippen molar-refractivity contribution >= 4 is 21.9 Å². The molecule has 0 aliphatic heterocycles. The lowest BCUT2D eigenvalue weighted by molar-refractivity contribution is 0.156. The molecule has 0 saturated heterocycles. The summed E-state index contributed by atoms with van der Waals surface area (Å²) in [4.78, 5) is 16.4. The number of ether oxygens (including phenoxy) is 2. The molecule has 0 unspecified atom stereocenters. The summed E-state index contributed by atoms with van der Waals surface area (Å²) in [6, 6.07) is 6.15. The van der Waals surface area contributed by atoms with Gasteiger partial charge in [0.15, 0.2) is 11.4 Å². The van der Waals surface area contributed by atoms with Gasteiger partial charge in [0.05, 0.1) is 36.5 Å². The molecule has 1 fully saturated rings. The van der Waals surface area contributed by atoms with E-state index in [0.29, 0.717) is 17.2 Å². The number of methoxy groups -OCH3 is 1. The van der Waals surface area contributed by atoms with Gasteiger partial charge >= 0.3 is 0 Å². The molecule has 0 bridgehead atoms. The topological polar surface area (TPSA) is 96.7 Å². The molecule has 0 spiro atoms. The fourth-order valence-corrected chi connectivity index (χ4v) is 4.21. The number of aromatic amines is 1. The van der Waals surface area contributed by atoms with Gasteiger partial charge in [-0.05, 0) is 37.8 Å². The Bertz CT molecular complexity index is 1270. The van der Waals surface area contributed by atoms with Gasteiger partial charge in [0.2, 0.25) is 0 Å². The van der Waals surface area contributed by atoms with E-state index in [0.717, 1.165) is 58.7 Å². The Labute approximate surface area is 173 Å². The van der Waals surface area contributed by atoms with Crippen LogP contribution in [0.2, 0.25) is 0 Å². The first kappa shape index (κ1) is 18.4. The molecule has 1 N–H and O–H groups in total. The minimum Gasteiger partial charge on any atom is -0.494 e. The quantitative estimate of drug-likeness (QED) is 0.531. The zero-order valence-electron chi connectivity index (χ0n) is 16.7. The summed E-state index contributed by atoms with van der Waals surface area (Å²) in [5.41, 5.74) is 3.65. The molecule has 7 heteroatoms. The van der Waals surface area contributed by atoms with Crippen molar-refractivity contribution in [3.63, 3.8) is 0 Å². The van der Waals surface area contributed by atoms with E-state index in [1.165, 1.54) is 6.42 Å². The monoisotopic (exact) mass is 399 g/mol. The van der Waals surface area contributed by atoms with E-state index in [1.807, 2.05) is 12.1 Å². The van der Waals surface area contributed by atoms with Crippen molar-refractivity contribution in [2.75, 3.05) is 7.11 Å². The molecule has 4 aromatic heterocycles. The van der Waals surface area contributed by atoms with Crippen molar-refractivity contribution in [1.82, 2.24) is 19.9 Å². The number of nitrogens with one attached hydrogen (secondary N) is 1. The standard InChI is InChI=1S/C23H21N5O2/c1-29-20-13-25-8-7-16(20)14-9-17-21-19(28-23(17)27-11-14)12-26-18(10-24)22(21)30-15-5-3-2-4-6-15/h7-9,11-13,15H,2-6H2,1H3,(H,27,28). The zero-order chi connectivity index (χ0) is 20.5. The van der Waals surface area contributed by atoms with Crippen molar-refractivity contribution in [2.24, 2.45) is 0 Å². The first-order valence-corrected chi connectivity index (χ1v) is 10.1. The Morgan fingerprint density at radius 1 is 1.13 bits per heavy atom.